The van der Waals surface area contributed by atoms with Crippen molar-refractivity contribution in [2.75, 3.05) is 6.54 Å². The number of hydrogen-bond donors (Lipinski definition) is 2. The normalized spacial score (nSPS) is 11.2. The second-order valence-corrected chi connectivity index (χ2v) is 7.73. The summed E-state index contributed by atoms with van der Waals surface area (Å²) >= 11 is 5.85. The summed E-state index contributed by atoms with van der Waals surface area (Å²) in [6.07, 6.45) is 2.32. The van der Waals surface area contributed by atoms with Crippen LogP contribution in [0.5, 0.6) is 0 Å². The van der Waals surface area contributed by atoms with Crippen LogP contribution in [0, 0.1) is 0 Å². The number of carbonyl (C=O) groups is 1. The van der Waals surface area contributed by atoms with Crippen LogP contribution in [0.15, 0.2) is 48.7 Å². The van der Waals surface area contributed by atoms with Crippen LogP contribution < -0.4 is 10.0 Å². The summed E-state index contributed by atoms with van der Waals surface area (Å²) < 4.78 is 26.5. The fourth-order valence-electron chi connectivity index (χ4n) is 2.15. The molecular formula is C17H20ClN3O3S. The van der Waals surface area contributed by atoms with Crippen molar-refractivity contribution in [1.82, 2.24) is 15.0 Å². The largest absolute Gasteiger partial charge is 0.350 e. The molecule has 2 rings (SSSR count). The van der Waals surface area contributed by atoms with Gasteiger partial charge in [0.15, 0.2) is 0 Å². The van der Waals surface area contributed by atoms with E-state index in [0.717, 1.165) is 5.69 Å². The number of nitrogens with one attached hydrogen (secondary N) is 2. The van der Waals surface area contributed by atoms with Crippen LogP contribution in [-0.2, 0) is 27.1 Å². The molecular weight excluding hydrogens is 362 g/mol. The summed E-state index contributed by atoms with van der Waals surface area (Å²) in [5.74, 6) is -0.279. The van der Waals surface area contributed by atoms with Gasteiger partial charge in [-0.2, -0.15) is 0 Å². The van der Waals surface area contributed by atoms with Gasteiger partial charge in [-0.1, -0.05) is 29.8 Å². The maximum Gasteiger partial charge on any atom is 0.220 e. The number of aromatic nitrogens is 1. The minimum atomic E-state index is -3.45. The minimum Gasteiger partial charge on any atom is -0.350 e. The Hall–Kier alpha value is -1.96. The number of pyridine rings is 1. The quantitative estimate of drug-likeness (QED) is 0.652. The molecule has 0 aliphatic carbocycles. The van der Waals surface area contributed by atoms with Gasteiger partial charge in [0, 0.05) is 24.2 Å². The van der Waals surface area contributed by atoms with Crippen molar-refractivity contribution in [2.45, 2.75) is 25.1 Å². The third-order valence-electron chi connectivity index (χ3n) is 3.34. The van der Waals surface area contributed by atoms with E-state index in [-0.39, 0.29) is 24.6 Å². The van der Waals surface area contributed by atoms with E-state index in [9.17, 15) is 13.2 Å². The van der Waals surface area contributed by atoms with Crippen molar-refractivity contribution in [3.8, 4) is 0 Å². The van der Waals surface area contributed by atoms with E-state index in [1.165, 1.54) is 0 Å². The van der Waals surface area contributed by atoms with Crippen molar-refractivity contribution in [2.24, 2.45) is 0 Å². The Labute approximate surface area is 152 Å². The molecule has 2 aromatic rings. The average Bonchev–Trinajstić information content (AvgIpc) is 2.57. The number of halogens is 1. The zero-order valence-electron chi connectivity index (χ0n) is 13.6. The fourth-order valence-corrected chi connectivity index (χ4v) is 3.54. The highest BCUT2D eigenvalue weighted by Crippen LogP contribution is 2.12. The van der Waals surface area contributed by atoms with Crippen LogP contribution >= 0.6 is 11.6 Å². The van der Waals surface area contributed by atoms with Crippen LogP contribution in [0.25, 0.3) is 0 Å². The zero-order chi connectivity index (χ0) is 18.1. The molecule has 0 spiro atoms. The van der Waals surface area contributed by atoms with E-state index in [4.69, 9.17) is 11.6 Å². The topological polar surface area (TPSA) is 88.2 Å². The summed E-state index contributed by atoms with van der Waals surface area (Å²) in [6.45, 7) is 0.570. The van der Waals surface area contributed by atoms with Gasteiger partial charge in [0.05, 0.1) is 18.0 Å². The summed E-state index contributed by atoms with van der Waals surface area (Å²) in [4.78, 5) is 15.8. The Morgan fingerprint density at radius 3 is 2.72 bits per heavy atom. The van der Waals surface area contributed by atoms with Crippen molar-refractivity contribution in [3.63, 3.8) is 0 Å². The number of hydrogen-bond acceptors (Lipinski definition) is 4. The predicted octanol–water partition coefficient (Wildman–Crippen LogP) is 2.25. The Kier molecular flexibility index (Phi) is 7.36. The molecule has 1 aromatic heterocycles. The Morgan fingerprint density at radius 2 is 2.00 bits per heavy atom. The molecule has 1 heterocycles. The lowest BCUT2D eigenvalue weighted by molar-refractivity contribution is -0.121. The maximum absolute atomic E-state index is 12.0. The van der Waals surface area contributed by atoms with Gasteiger partial charge >= 0.3 is 0 Å². The van der Waals surface area contributed by atoms with Gasteiger partial charge in [0.2, 0.25) is 15.9 Å². The van der Waals surface area contributed by atoms with Gasteiger partial charge < -0.3 is 5.32 Å². The van der Waals surface area contributed by atoms with Crippen LogP contribution in [-0.4, -0.2) is 25.9 Å². The van der Waals surface area contributed by atoms with Gasteiger partial charge in [0.25, 0.3) is 0 Å². The Balaban J connectivity index is 1.66. The molecule has 134 valence electrons. The van der Waals surface area contributed by atoms with Crippen molar-refractivity contribution < 1.29 is 13.2 Å². The molecule has 0 aliphatic rings. The second-order valence-electron chi connectivity index (χ2n) is 5.48. The van der Waals surface area contributed by atoms with E-state index in [0.29, 0.717) is 23.6 Å². The maximum atomic E-state index is 12.0. The number of benzene rings is 1. The molecule has 0 unspecified atom stereocenters. The number of amides is 1. The van der Waals surface area contributed by atoms with Crippen LogP contribution in [0.3, 0.4) is 0 Å². The van der Waals surface area contributed by atoms with Gasteiger partial charge in [0.1, 0.15) is 0 Å². The van der Waals surface area contributed by atoms with E-state index in [1.54, 1.807) is 36.5 Å². The third kappa shape index (κ3) is 7.64. The molecule has 0 fully saturated rings. The second kappa shape index (κ2) is 9.50. The van der Waals surface area contributed by atoms with Crippen molar-refractivity contribution in [1.29, 1.82) is 0 Å². The van der Waals surface area contributed by atoms with E-state index >= 15 is 0 Å². The molecule has 25 heavy (non-hydrogen) atoms. The van der Waals surface area contributed by atoms with Gasteiger partial charge in [-0.25, -0.2) is 13.1 Å². The molecule has 0 atom stereocenters. The summed E-state index contributed by atoms with van der Waals surface area (Å²) in [5.41, 5.74) is 1.39. The fraction of sp³-hybridized carbons (Fsp3) is 0.294. The summed E-state index contributed by atoms with van der Waals surface area (Å²) in [5, 5.41) is 3.25. The van der Waals surface area contributed by atoms with Crippen molar-refractivity contribution in [3.05, 3.63) is 64.9 Å². The van der Waals surface area contributed by atoms with Gasteiger partial charge in [-0.3, -0.25) is 9.78 Å². The molecule has 1 aromatic carbocycles. The molecule has 0 bridgehead atoms. The number of carbonyl (C=O) groups excluding carboxylic acids is 1. The SMILES string of the molecule is O=C(CCCNS(=O)(=O)Cc1cccc(Cl)c1)NCc1ccccn1. The predicted molar refractivity (Wildman–Crippen MR) is 97.4 cm³/mol. The highest BCUT2D eigenvalue weighted by atomic mass is 35.5. The minimum absolute atomic E-state index is 0.139. The molecule has 0 aliphatic heterocycles. The van der Waals surface area contributed by atoms with E-state index in [1.807, 2.05) is 12.1 Å². The molecule has 1 amide bonds. The zero-order valence-corrected chi connectivity index (χ0v) is 15.2. The molecule has 8 heteroatoms. The average molecular weight is 382 g/mol. The lowest BCUT2D eigenvalue weighted by Crippen LogP contribution is -2.28. The first-order chi connectivity index (χ1) is 11.9. The lowest BCUT2D eigenvalue weighted by Gasteiger charge is -2.08. The first-order valence-electron chi connectivity index (χ1n) is 7.83. The Morgan fingerprint density at radius 1 is 1.16 bits per heavy atom. The molecule has 0 saturated carbocycles. The lowest BCUT2D eigenvalue weighted by atomic mass is 10.2. The smallest absolute Gasteiger partial charge is 0.220 e. The summed E-state index contributed by atoms with van der Waals surface area (Å²) in [7, 11) is -3.45. The van der Waals surface area contributed by atoms with Gasteiger partial charge in [-0.05, 0) is 36.2 Å². The van der Waals surface area contributed by atoms with E-state index in [2.05, 4.69) is 15.0 Å². The molecule has 2 N–H and O–H groups in total. The Bertz CT molecular complexity index is 798. The summed E-state index contributed by atoms with van der Waals surface area (Å²) in [6, 6.07) is 12.2. The van der Waals surface area contributed by atoms with E-state index < -0.39 is 10.0 Å². The third-order valence-corrected chi connectivity index (χ3v) is 4.93. The highest BCUT2D eigenvalue weighted by molar-refractivity contribution is 7.88. The van der Waals surface area contributed by atoms with Crippen LogP contribution in [0.1, 0.15) is 24.1 Å². The van der Waals surface area contributed by atoms with Crippen LogP contribution in [0.4, 0.5) is 0 Å². The number of nitrogens with zero attached hydrogens (tertiary/aromatic N) is 1. The standard InChI is InChI=1S/C17H20ClN3O3S/c18-15-6-3-5-14(11-15)13-25(23,24)21-10-4-8-17(22)20-12-16-7-1-2-9-19-16/h1-3,5-7,9,11,21H,4,8,10,12-13H2,(H,20,22). The molecule has 0 saturated heterocycles. The highest BCUT2D eigenvalue weighted by Gasteiger charge is 2.11. The monoisotopic (exact) mass is 381 g/mol. The first-order valence-corrected chi connectivity index (χ1v) is 9.86. The number of rotatable bonds is 9. The number of sulfonamides is 1. The van der Waals surface area contributed by atoms with Crippen molar-refractivity contribution >= 4 is 27.5 Å². The first kappa shape index (κ1) is 19.4. The molecule has 0 radical (unpaired) electrons. The molecule has 6 nitrogen and oxygen atoms in total. The van der Waals surface area contributed by atoms with Crippen LogP contribution in [0.2, 0.25) is 5.02 Å². The van der Waals surface area contributed by atoms with Gasteiger partial charge in [-0.15, -0.1) is 0 Å².